The molecule has 0 aliphatic carbocycles. The quantitative estimate of drug-likeness (QED) is 0.552. The third-order valence-corrected chi connectivity index (χ3v) is 6.35. The molecule has 2 aliphatic heterocycles. The van der Waals surface area contributed by atoms with Gasteiger partial charge in [0.1, 0.15) is 17.8 Å². The zero-order valence-electron chi connectivity index (χ0n) is 18.5. The molecule has 2 aromatic heterocycles. The van der Waals surface area contributed by atoms with Gasteiger partial charge in [-0.3, -0.25) is 4.79 Å². The Morgan fingerprint density at radius 3 is 2.81 bits per heavy atom. The number of anilines is 1. The van der Waals surface area contributed by atoms with E-state index in [-0.39, 0.29) is 12.0 Å². The smallest absolute Gasteiger partial charge is 0.257 e. The van der Waals surface area contributed by atoms with E-state index in [1.807, 2.05) is 23.1 Å². The number of fused-ring (bicyclic) bond motifs is 1. The Balaban J connectivity index is 1.52. The van der Waals surface area contributed by atoms with Crippen LogP contribution in [0.15, 0.2) is 47.3 Å². The number of hydrogen-bond acceptors (Lipinski definition) is 6. The Kier molecular flexibility index (Phi) is 5.99. The molecule has 2 saturated heterocycles. The highest BCUT2D eigenvalue weighted by Crippen LogP contribution is 2.30. The van der Waals surface area contributed by atoms with Crippen LogP contribution in [0.2, 0.25) is 0 Å². The number of furan rings is 1. The molecule has 7 heteroatoms. The SMILES string of the molecule is COc1ccc2cc(CN(C[C@@H]3CCCO3)C(=O)c3ccoc3)c(N3CCCC3)nc2c1. The van der Waals surface area contributed by atoms with E-state index in [0.717, 1.165) is 73.4 Å². The summed E-state index contributed by atoms with van der Waals surface area (Å²) in [4.78, 5) is 22.6. The summed E-state index contributed by atoms with van der Waals surface area (Å²) in [6.07, 6.45) is 7.45. The first kappa shape index (κ1) is 20.8. The van der Waals surface area contributed by atoms with Crippen LogP contribution in [-0.4, -0.2) is 55.2 Å². The van der Waals surface area contributed by atoms with Crippen molar-refractivity contribution in [2.45, 2.75) is 38.3 Å². The minimum atomic E-state index is -0.0450. The van der Waals surface area contributed by atoms with Crippen LogP contribution in [0, 0.1) is 0 Å². The van der Waals surface area contributed by atoms with Crippen LogP contribution < -0.4 is 9.64 Å². The van der Waals surface area contributed by atoms with Crippen LogP contribution >= 0.6 is 0 Å². The molecule has 2 aliphatic rings. The average molecular weight is 436 g/mol. The number of benzene rings is 1. The summed E-state index contributed by atoms with van der Waals surface area (Å²) in [5.41, 5.74) is 2.52. The molecule has 1 amide bonds. The zero-order valence-corrected chi connectivity index (χ0v) is 18.5. The predicted molar refractivity (Wildman–Crippen MR) is 122 cm³/mol. The summed E-state index contributed by atoms with van der Waals surface area (Å²) >= 11 is 0. The van der Waals surface area contributed by atoms with Gasteiger partial charge in [0.15, 0.2) is 0 Å². The maximum absolute atomic E-state index is 13.3. The number of hydrogen-bond donors (Lipinski definition) is 0. The number of carbonyl (C=O) groups is 1. The maximum Gasteiger partial charge on any atom is 0.257 e. The van der Waals surface area contributed by atoms with Crippen molar-refractivity contribution in [1.82, 2.24) is 9.88 Å². The molecule has 0 unspecified atom stereocenters. The number of methoxy groups -OCH3 is 1. The number of nitrogens with zero attached hydrogens (tertiary/aromatic N) is 3. The van der Waals surface area contributed by atoms with Gasteiger partial charge >= 0.3 is 0 Å². The number of aromatic nitrogens is 1. The highest BCUT2D eigenvalue weighted by atomic mass is 16.5. The van der Waals surface area contributed by atoms with Crippen molar-refractivity contribution < 1.29 is 18.7 Å². The van der Waals surface area contributed by atoms with E-state index < -0.39 is 0 Å². The Hall–Kier alpha value is -3.06. The van der Waals surface area contributed by atoms with Crippen molar-refractivity contribution in [2.24, 2.45) is 0 Å². The fraction of sp³-hybridized carbons (Fsp3) is 0.440. The molecule has 1 atom stereocenters. The molecular weight excluding hydrogens is 406 g/mol. The first-order valence-electron chi connectivity index (χ1n) is 11.4. The molecule has 7 nitrogen and oxygen atoms in total. The minimum Gasteiger partial charge on any atom is -0.497 e. The van der Waals surface area contributed by atoms with Gasteiger partial charge in [0.05, 0.1) is 30.6 Å². The average Bonchev–Trinajstić information content (AvgIpc) is 3.61. The van der Waals surface area contributed by atoms with Crippen molar-refractivity contribution in [3.05, 3.63) is 54.0 Å². The van der Waals surface area contributed by atoms with E-state index in [9.17, 15) is 4.79 Å². The highest BCUT2D eigenvalue weighted by Gasteiger charge is 2.27. The standard InChI is InChI=1S/C25H29N3O4/c1-30-21-7-6-18-13-20(24(26-23(18)14-21)27-9-2-3-10-27)15-28(16-22-5-4-11-32-22)25(29)19-8-12-31-17-19/h6-8,12-14,17,22H,2-5,9-11,15-16H2,1H3/t22-/m0/s1. The second-order valence-electron chi connectivity index (χ2n) is 8.56. The van der Waals surface area contributed by atoms with Crippen molar-refractivity contribution in [3.8, 4) is 5.75 Å². The number of ether oxygens (including phenoxy) is 2. The lowest BCUT2D eigenvalue weighted by molar-refractivity contribution is 0.0507. The van der Waals surface area contributed by atoms with Gasteiger partial charge in [-0.05, 0) is 49.9 Å². The molecule has 0 bridgehead atoms. The minimum absolute atomic E-state index is 0.0450. The normalized spacial score (nSPS) is 18.4. The number of pyridine rings is 1. The number of amides is 1. The first-order valence-corrected chi connectivity index (χ1v) is 11.4. The molecule has 3 aromatic rings. The molecule has 0 saturated carbocycles. The summed E-state index contributed by atoms with van der Waals surface area (Å²) in [5.74, 6) is 1.71. The third kappa shape index (κ3) is 4.30. The third-order valence-electron chi connectivity index (χ3n) is 6.35. The first-order chi connectivity index (χ1) is 15.7. The maximum atomic E-state index is 13.3. The van der Waals surface area contributed by atoms with Crippen LogP contribution in [0.25, 0.3) is 10.9 Å². The molecule has 1 aromatic carbocycles. The van der Waals surface area contributed by atoms with Crippen LogP contribution in [0.1, 0.15) is 41.6 Å². The Bertz CT molecular complexity index is 1070. The summed E-state index contributed by atoms with van der Waals surface area (Å²) in [7, 11) is 1.67. The summed E-state index contributed by atoms with van der Waals surface area (Å²) in [6.45, 7) is 3.76. The molecular formula is C25H29N3O4. The van der Waals surface area contributed by atoms with E-state index in [1.54, 1.807) is 13.2 Å². The Labute approximate surface area is 187 Å². The van der Waals surface area contributed by atoms with Crippen molar-refractivity contribution in [2.75, 3.05) is 38.3 Å². The van der Waals surface area contributed by atoms with Crippen molar-refractivity contribution >= 4 is 22.6 Å². The second-order valence-corrected chi connectivity index (χ2v) is 8.56. The van der Waals surface area contributed by atoms with E-state index in [4.69, 9.17) is 18.9 Å². The monoisotopic (exact) mass is 435 g/mol. The molecule has 168 valence electrons. The zero-order chi connectivity index (χ0) is 21.9. The Morgan fingerprint density at radius 1 is 1.22 bits per heavy atom. The molecule has 2 fully saturated rings. The molecule has 4 heterocycles. The predicted octanol–water partition coefficient (Wildman–Crippen LogP) is 4.26. The fourth-order valence-electron chi connectivity index (χ4n) is 4.65. The van der Waals surface area contributed by atoms with Crippen molar-refractivity contribution in [1.29, 1.82) is 0 Å². The highest BCUT2D eigenvalue weighted by molar-refractivity contribution is 5.94. The van der Waals surface area contributed by atoms with Gasteiger partial charge < -0.3 is 23.7 Å². The molecule has 32 heavy (non-hydrogen) atoms. The molecule has 0 radical (unpaired) electrons. The lowest BCUT2D eigenvalue weighted by atomic mass is 10.1. The molecule has 5 rings (SSSR count). The summed E-state index contributed by atoms with van der Waals surface area (Å²) < 4.78 is 16.4. The van der Waals surface area contributed by atoms with Crippen LogP contribution in [0.5, 0.6) is 5.75 Å². The van der Waals surface area contributed by atoms with E-state index in [1.165, 1.54) is 12.5 Å². The molecule has 0 spiro atoms. The van der Waals surface area contributed by atoms with Gasteiger partial charge in [0, 0.05) is 49.8 Å². The Morgan fingerprint density at radius 2 is 2.09 bits per heavy atom. The lowest BCUT2D eigenvalue weighted by Crippen LogP contribution is -2.37. The lowest BCUT2D eigenvalue weighted by Gasteiger charge is -2.28. The van der Waals surface area contributed by atoms with Crippen LogP contribution in [0.4, 0.5) is 5.82 Å². The fourth-order valence-corrected chi connectivity index (χ4v) is 4.65. The van der Waals surface area contributed by atoms with Gasteiger partial charge in [0.25, 0.3) is 5.91 Å². The largest absolute Gasteiger partial charge is 0.497 e. The topological polar surface area (TPSA) is 68.0 Å². The van der Waals surface area contributed by atoms with Gasteiger partial charge in [-0.25, -0.2) is 4.98 Å². The summed E-state index contributed by atoms with van der Waals surface area (Å²) in [5, 5.41) is 1.04. The van der Waals surface area contributed by atoms with Crippen LogP contribution in [0.3, 0.4) is 0 Å². The summed E-state index contributed by atoms with van der Waals surface area (Å²) in [6, 6.07) is 9.84. The van der Waals surface area contributed by atoms with E-state index in [2.05, 4.69) is 11.0 Å². The van der Waals surface area contributed by atoms with E-state index >= 15 is 0 Å². The second kappa shape index (κ2) is 9.20. The van der Waals surface area contributed by atoms with E-state index in [0.29, 0.717) is 18.7 Å². The van der Waals surface area contributed by atoms with Gasteiger partial charge in [-0.2, -0.15) is 0 Å². The molecule has 0 N–H and O–H groups in total. The van der Waals surface area contributed by atoms with Gasteiger partial charge in [-0.15, -0.1) is 0 Å². The van der Waals surface area contributed by atoms with Crippen LogP contribution in [-0.2, 0) is 11.3 Å². The van der Waals surface area contributed by atoms with Gasteiger partial charge in [0.2, 0.25) is 0 Å². The van der Waals surface area contributed by atoms with Gasteiger partial charge in [-0.1, -0.05) is 0 Å². The van der Waals surface area contributed by atoms with Crippen molar-refractivity contribution in [3.63, 3.8) is 0 Å². The number of carbonyl (C=O) groups excluding carboxylic acids is 1. The number of rotatable bonds is 7.